The Kier molecular flexibility index (Phi) is 4.20. The summed E-state index contributed by atoms with van der Waals surface area (Å²) in [7, 11) is 0. The molecule has 0 saturated carbocycles. The predicted octanol–water partition coefficient (Wildman–Crippen LogP) is 3.88. The van der Waals surface area contributed by atoms with Gasteiger partial charge in [-0.1, -0.05) is 23.9 Å². The van der Waals surface area contributed by atoms with Crippen LogP contribution in [0.1, 0.15) is 27.6 Å². The predicted molar refractivity (Wildman–Crippen MR) is 73.9 cm³/mol. The van der Waals surface area contributed by atoms with Crippen LogP contribution in [0.4, 0.5) is 4.39 Å². The minimum absolute atomic E-state index is 0.149. The van der Waals surface area contributed by atoms with Gasteiger partial charge in [-0.3, -0.25) is 4.79 Å². The minimum Gasteiger partial charge on any atom is -0.478 e. The molecule has 0 radical (unpaired) electrons. The molecular weight excluding hydrogens is 279 g/mol. The summed E-state index contributed by atoms with van der Waals surface area (Å²) in [6.07, 6.45) is 0. The molecule has 102 valence electrons. The van der Waals surface area contributed by atoms with E-state index in [2.05, 4.69) is 0 Å². The fourth-order valence-electron chi connectivity index (χ4n) is 1.62. The average molecular weight is 290 g/mol. The molecule has 0 aromatic heterocycles. The minimum atomic E-state index is -1.03. The van der Waals surface area contributed by atoms with Crippen LogP contribution < -0.4 is 0 Å². The molecule has 0 aliphatic carbocycles. The van der Waals surface area contributed by atoms with Crippen molar-refractivity contribution in [2.75, 3.05) is 0 Å². The van der Waals surface area contributed by atoms with E-state index < -0.39 is 11.8 Å². The highest BCUT2D eigenvalue weighted by Gasteiger charge is 2.09. The molecule has 20 heavy (non-hydrogen) atoms. The first-order valence-electron chi connectivity index (χ1n) is 5.79. The van der Waals surface area contributed by atoms with E-state index in [0.717, 1.165) is 11.8 Å². The number of carboxylic acids is 1. The molecular formula is C15H11FO3S. The van der Waals surface area contributed by atoms with Crippen molar-refractivity contribution in [2.45, 2.75) is 16.7 Å². The van der Waals surface area contributed by atoms with Gasteiger partial charge in [0.15, 0.2) is 5.78 Å². The van der Waals surface area contributed by atoms with Crippen LogP contribution in [-0.4, -0.2) is 16.9 Å². The van der Waals surface area contributed by atoms with Gasteiger partial charge in [-0.15, -0.1) is 0 Å². The first-order valence-corrected chi connectivity index (χ1v) is 6.60. The number of hydrogen-bond donors (Lipinski definition) is 1. The second-order valence-corrected chi connectivity index (χ2v) is 5.25. The summed E-state index contributed by atoms with van der Waals surface area (Å²) in [5.41, 5.74) is 0.460. The van der Waals surface area contributed by atoms with Crippen molar-refractivity contribution in [3.8, 4) is 0 Å². The molecule has 2 rings (SSSR count). The maximum atomic E-state index is 13.9. The lowest BCUT2D eigenvalue weighted by Crippen LogP contribution is -1.96. The largest absolute Gasteiger partial charge is 0.478 e. The number of carbonyl (C=O) groups is 2. The van der Waals surface area contributed by atoms with Crippen molar-refractivity contribution >= 4 is 23.5 Å². The van der Waals surface area contributed by atoms with Crippen molar-refractivity contribution < 1.29 is 19.1 Å². The first kappa shape index (κ1) is 14.3. The van der Waals surface area contributed by atoms with Gasteiger partial charge in [-0.05, 0) is 37.3 Å². The van der Waals surface area contributed by atoms with E-state index in [9.17, 15) is 14.0 Å². The third-order valence-corrected chi connectivity index (χ3v) is 3.69. The monoisotopic (exact) mass is 290 g/mol. The fraction of sp³-hybridized carbons (Fsp3) is 0.0667. The Bertz CT molecular complexity index is 683. The molecule has 0 unspecified atom stereocenters. The summed E-state index contributed by atoms with van der Waals surface area (Å²) in [6, 6.07) is 10.5. The van der Waals surface area contributed by atoms with Crippen LogP contribution in [0.15, 0.2) is 52.3 Å². The van der Waals surface area contributed by atoms with Gasteiger partial charge in [0.2, 0.25) is 0 Å². The second kappa shape index (κ2) is 5.88. The quantitative estimate of drug-likeness (QED) is 0.868. The number of halogens is 1. The van der Waals surface area contributed by atoms with Crippen LogP contribution in [0.2, 0.25) is 0 Å². The van der Waals surface area contributed by atoms with E-state index in [1.165, 1.54) is 31.2 Å². The van der Waals surface area contributed by atoms with Gasteiger partial charge < -0.3 is 5.11 Å². The van der Waals surface area contributed by atoms with Crippen LogP contribution in [-0.2, 0) is 0 Å². The molecule has 0 amide bonds. The zero-order valence-corrected chi connectivity index (χ0v) is 11.4. The van der Waals surface area contributed by atoms with E-state index in [4.69, 9.17) is 5.11 Å². The SMILES string of the molecule is CC(=O)c1ccc(Sc2cccc(C(=O)O)c2)c(F)c1. The lowest BCUT2D eigenvalue weighted by molar-refractivity contribution is 0.0696. The smallest absolute Gasteiger partial charge is 0.335 e. The Morgan fingerprint density at radius 1 is 1.10 bits per heavy atom. The summed E-state index contributed by atoms with van der Waals surface area (Å²) in [6.45, 7) is 1.37. The van der Waals surface area contributed by atoms with Gasteiger partial charge in [0, 0.05) is 15.4 Å². The highest BCUT2D eigenvalue weighted by Crippen LogP contribution is 2.30. The Balaban J connectivity index is 2.28. The summed E-state index contributed by atoms with van der Waals surface area (Å²) >= 11 is 1.12. The van der Waals surface area contributed by atoms with Crippen molar-refractivity contribution in [3.05, 3.63) is 59.4 Å². The summed E-state index contributed by atoms with van der Waals surface area (Å²) in [5, 5.41) is 8.91. The zero-order chi connectivity index (χ0) is 14.7. The molecule has 2 aromatic rings. The molecule has 3 nitrogen and oxygen atoms in total. The highest BCUT2D eigenvalue weighted by atomic mass is 32.2. The van der Waals surface area contributed by atoms with Crippen molar-refractivity contribution in [1.82, 2.24) is 0 Å². The number of carboxylic acid groups (broad SMARTS) is 1. The number of aromatic carboxylic acids is 1. The van der Waals surface area contributed by atoms with E-state index in [-0.39, 0.29) is 11.3 Å². The molecule has 1 N–H and O–H groups in total. The van der Waals surface area contributed by atoms with E-state index in [1.807, 2.05) is 0 Å². The Labute approximate surface area is 119 Å². The summed E-state index contributed by atoms with van der Waals surface area (Å²) in [4.78, 5) is 23.0. The number of carbonyl (C=O) groups excluding carboxylic acids is 1. The number of ketones is 1. The molecule has 2 aromatic carbocycles. The molecule has 0 saturated heterocycles. The number of Topliss-reactive ketones (excluding diaryl/α,β-unsaturated/α-hetero) is 1. The molecule has 0 aliphatic heterocycles. The topological polar surface area (TPSA) is 54.4 Å². The molecule has 0 aliphatic rings. The third-order valence-electron chi connectivity index (χ3n) is 2.65. The Morgan fingerprint density at radius 2 is 1.85 bits per heavy atom. The fourth-order valence-corrected chi connectivity index (χ4v) is 2.50. The average Bonchev–Trinajstić information content (AvgIpc) is 2.41. The first-order chi connectivity index (χ1) is 9.47. The third kappa shape index (κ3) is 3.24. The number of benzene rings is 2. The molecule has 0 atom stereocenters. The number of rotatable bonds is 4. The summed E-state index contributed by atoms with van der Waals surface area (Å²) in [5.74, 6) is -1.73. The van der Waals surface area contributed by atoms with Gasteiger partial charge in [0.25, 0.3) is 0 Å². The van der Waals surface area contributed by atoms with Crippen molar-refractivity contribution in [2.24, 2.45) is 0 Å². The lowest BCUT2D eigenvalue weighted by Gasteiger charge is -2.05. The standard InChI is InChI=1S/C15H11FO3S/c1-9(17)10-5-6-14(13(16)8-10)20-12-4-2-3-11(7-12)15(18)19/h2-8H,1H3,(H,18,19). The lowest BCUT2D eigenvalue weighted by atomic mass is 10.1. The molecule has 5 heteroatoms. The summed E-state index contributed by atoms with van der Waals surface area (Å²) < 4.78 is 13.9. The molecule has 0 spiro atoms. The van der Waals surface area contributed by atoms with Crippen LogP contribution >= 0.6 is 11.8 Å². The molecule has 0 bridgehead atoms. The molecule has 0 fully saturated rings. The zero-order valence-electron chi connectivity index (χ0n) is 10.6. The van der Waals surface area contributed by atoms with Crippen LogP contribution in [0.3, 0.4) is 0 Å². The van der Waals surface area contributed by atoms with E-state index in [0.29, 0.717) is 15.4 Å². The maximum absolute atomic E-state index is 13.9. The van der Waals surface area contributed by atoms with Gasteiger partial charge in [0.1, 0.15) is 5.82 Å². The Morgan fingerprint density at radius 3 is 2.45 bits per heavy atom. The van der Waals surface area contributed by atoms with Crippen molar-refractivity contribution in [1.29, 1.82) is 0 Å². The second-order valence-electron chi connectivity index (χ2n) is 4.14. The van der Waals surface area contributed by atoms with Crippen LogP contribution in [0.5, 0.6) is 0 Å². The van der Waals surface area contributed by atoms with Crippen LogP contribution in [0, 0.1) is 5.82 Å². The highest BCUT2D eigenvalue weighted by molar-refractivity contribution is 7.99. The van der Waals surface area contributed by atoms with Crippen LogP contribution in [0.25, 0.3) is 0 Å². The van der Waals surface area contributed by atoms with E-state index >= 15 is 0 Å². The van der Waals surface area contributed by atoms with E-state index in [1.54, 1.807) is 18.2 Å². The van der Waals surface area contributed by atoms with Gasteiger partial charge in [-0.25, -0.2) is 9.18 Å². The Hall–Kier alpha value is -2.14. The maximum Gasteiger partial charge on any atom is 0.335 e. The molecule has 0 heterocycles. The van der Waals surface area contributed by atoms with Gasteiger partial charge >= 0.3 is 5.97 Å². The normalized spacial score (nSPS) is 10.3. The number of hydrogen-bond acceptors (Lipinski definition) is 3. The van der Waals surface area contributed by atoms with Crippen molar-refractivity contribution in [3.63, 3.8) is 0 Å². The van der Waals surface area contributed by atoms with Gasteiger partial charge in [0.05, 0.1) is 5.56 Å². The van der Waals surface area contributed by atoms with Gasteiger partial charge in [-0.2, -0.15) is 0 Å².